The Morgan fingerprint density at radius 1 is 0.596 bits per heavy atom. The first-order valence-electron chi connectivity index (χ1n) is 20.4. The molecule has 0 spiro atoms. The summed E-state index contributed by atoms with van der Waals surface area (Å²) in [7, 11) is 1.44. The van der Waals surface area contributed by atoms with Crippen molar-refractivity contribution in [1.29, 1.82) is 0 Å². The van der Waals surface area contributed by atoms with E-state index in [1.165, 1.54) is 51.4 Å². The number of carbonyl (C=O) groups excluding carboxylic acids is 2. The van der Waals surface area contributed by atoms with Gasteiger partial charge in [-0.15, -0.1) is 0 Å². The van der Waals surface area contributed by atoms with Crippen LogP contribution in [0.5, 0.6) is 0 Å². The minimum Gasteiger partial charge on any atom is -0.462 e. The summed E-state index contributed by atoms with van der Waals surface area (Å²) in [5.74, 6) is -0.876. The number of allylic oxidation sites excluding steroid dienone is 8. The van der Waals surface area contributed by atoms with E-state index in [9.17, 15) is 19.0 Å². The fourth-order valence-electron chi connectivity index (χ4n) is 5.07. The molecule has 0 heterocycles. The minimum absolute atomic E-state index is 0.0211. The minimum atomic E-state index is -4.38. The van der Waals surface area contributed by atoms with Crippen molar-refractivity contribution in [3.63, 3.8) is 0 Å². The lowest BCUT2D eigenvalue weighted by molar-refractivity contribution is -0.870. The third kappa shape index (κ3) is 37.7. The number of unbranched alkanes of at least 4 members (excludes halogenated alkanes) is 14. The number of ether oxygens (including phenoxy) is 2. The summed E-state index contributed by atoms with van der Waals surface area (Å²) in [6.07, 6.45) is 38.8. The van der Waals surface area contributed by atoms with Gasteiger partial charge in [0, 0.05) is 12.8 Å². The highest BCUT2D eigenvalue weighted by Crippen LogP contribution is 2.43. The van der Waals surface area contributed by atoms with Crippen molar-refractivity contribution in [3.05, 3.63) is 48.6 Å². The van der Waals surface area contributed by atoms with E-state index in [2.05, 4.69) is 62.5 Å². The molecule has 0 bridgehead atoms. The number of hydrogen-bond donors (Lipinski definition) is 1. The molecule has 0 aromatic rings. The van der Waals surface area contributed by atoms with E-state index in [0.29, 0.717) is 23.9 Å². The van der Waals surface area contributed by atoms with Crippen LogP contribution in [0.1, 0.15) is 155 Å². The number of quaternary nitrogens is 1. The maximum Gasteiger partial charge on any atom is 0.472 e. The molecule has 0 radical (unpaired) electrons. The molecule has 0 rings (SSSR count). The molecule has 0 saturated heterocycles. The molecule has 2 atom stereocenters. The molecule has 0 aliphatic carbocycles. The summed E-state index contributed by atoms with van der Waals surface area (Å²) < 4.78 is 34.1. The summed E-state index contributed by atoms with van der Waals surface area (Å²) in [4.78, 5) is 35.2. The Bertz CT molecular complexity index is 1030. The van der Waals surface area contributed by atoms with Crippen molar-refractivity contribution in [2.24, 2.45) is 0 Å². The summed E-state index contributed by atoms with van der Waals surface area (Å²) >= 11 is 0. The van der Waals surface area contributed by atoms with Gasteiger partial charge in [0.15, 0.2) is 6.10 Å². The van der Waals surface area contributed by atoms with Crippen molar-refractivity contribution in [1.82, 2.24) is 0 Å². The van der Waals surface area contributed by atoms with Crippen LogP contribution in [0.25, 0.3) is 0 Å². The van der Waals surface area contributed by atoms with Gasteiger partial charge in [0.1, 0.15) is 19.8 Å². The molecular formula is C42H77NO8P+. The summed E-state index contributed by atoms with van der Waals surface area (Å²) in [5, 5.41) is 0. The first-order chi connectivity index (χ1) is 25.0. The molecule has 0 amide bonds. The highest BCUT2D eigenvalue weighted by atomic mass is 31.2. The number of esters is 2. The Hall–Kier alpha value is -2.03. The van der Waals surface area contributed by atoms with Crippen LogP contribution in [0.3, 0.4) is 0 Å². The van der Waals surface area contributed by atoms with Gasteiger partial charge < -0.3 is 18.9 Å². The van der Waals surface area contributed by atoms with Gasteiger partial charge in [0.25, 0.3) is 0 Å². The number of carbonyl (C=O) groups is 2. The van der Waals surface area contributed by atoms with Crippen molar-refractivity contribution < 1.29 is 42.1 Å². The Balaban J connectivity index is 4.49. The van der Waals surface area contributed by atoms with E-state index in [1.807, 2.05) is 21.1 Å². The maximum atomic E-state index is 12.6. The maximum absolute atomic E-state index is 12.6. The largest absolute Gasteiger partial charge is 0.472 e. The number of phosphoric ester groups is 1. The zero-order valence-corrected chi connectivity index (χ0v) is 34.7. The number of likely N-dealkylation sites (N-methyl/N-ethyl adjacent to an activating group) is 1. The first-order valence-corrected chi connectivity index (χ1v) is 21.9. The van der Waals surface area contributed by atoms with Crippen LogP contribution in [0.2, 0.25) is 0 Å². The Morgan fingerprint density at radius 3 is 1.67 bits per heavy atom. The zero-order valence-electron chi connectivity index (χ0n) is 33.8. The van der Waals surface area contributed by atoms with Crippen molar-refractivity contribution >= 4 is 19.8 Å². The molecule has 1 unspecified atom stereocenters. The molecule has 0 aliphatic rings. The molecule has 1 N–H and O–H groups in total. The van der Waals surface area contributed by atoms with Crippen LogP contribution in [-0.4, -0.2) is 74.9 Å². The normalized spacial score (nSPS) is 14.2. The van der Waals surface area contributed by atoms with E-state index in [1.54, 1.807) is 0 Å². The van der Waals surface area contributed by atoms with Crippen molar-refractivity contribution in [2.75, 3.05) is 47.5 Å². The first kappa shape index (κ1) is 50.0. The number of phosphoric acid groups is 1. The molecule has 0 aromatic heterocycles. The van der Waals surface area contributed by atoms with E-state index in [-0.39, 0.29) is 26.1 Å². The molecule has 0 aromatic carbocycles. The monoisotopic (exact) mass is 755 g/mol. The average Bonchev–Trinajstić information content (AvgIpc) is 3.09. The van der Waals surface area contributed by atoms with E-state index in [0.717, 1.165) is 64.2 Å². The third-order valence-electron chi connectivity index (χ3n) is 8.33. The molecular weight excluding hydrogens is 677 g/mol. The number of nitrogens with zero attached hydrogens (tertiary/aromatic N) is 1. The van der Waals surface area contributed by atoms with Gasteiger partial charge >= 0.3 is 19.8 Å². The van der Waals surface area contributed by atoms with Crippen molar-refractivity contribution in [3.8, 4) is 0 Å². The number of hydrogen-bond acceptors (Lipinski definition) is 7. The van der Waals surface area contributed by atoms with Gasteiger partial charge in [-0.05, 0) is 64.2 Å². The van der Waals surface area contributed by atoms with Gasteiger partial charge in [-0.1, -0.05) is 127 Å². The quantitative estimate of drug-likeness (QED) is 0.0221. The molecule has 52 heavy (non-hydrogen) atoms. The van der Waals surface area contributed by atoms with Gasteiger partial charge in [-0.25, -0.2) is 4.57 Å². The second-order valence-electron chi connectivity index (χ2n) is 14.7. The fraction of sp³-hybridized carbons (Fsp3) is 0.762. The topological polar surface area (TPSA) is 108 Å². The second kappa shape index (κ2) is 34.7. The second-order valence-corrected chi connectivity index (χ2v) is 16.1. The van der Waals surface area contributed by atoms with Crippen LogP contribution >= 0.6 is 7.82 Å². The molecule has 302 valence electrons. The van der Waals surface area contributed by atoms with Gasteiger partial charge in [-0.3, -0.25) is 18.6 Å². The highest BCUT2D eigenvalue weighted by molar-refractivity contribution is 7.47. The van der Waals surface area contributed by atoms with Crippen LogP contribution < -0.4 is 0 Å². The summed E-state index contributed by atoms with van der Waals surface area (Å²) in [5.41, 5.74) is 0. The Labute approximate surface area is 318 Å². The average molecular weight is 755 g/mol. The summed E-state index contributed by atoms with van der Waals surface area (Å²) in [6.45, 7) is 4.29. The lowest BCUT2D eigenvalue weighted by Gasteiger charge is -2.24. The van der Waals surface area contributed by atoms with Crippen LogP contribution in [0.15, 0.2) is 48.6 Å². The van der Waals surface area contributed by atoms with Crippen LogP contribution in [0.4, 0.5) is 0 Å². The lowest BCUT2D eigenvalue weighted by atomic mass is 10.1. The molecule has 9 nitrogen and oxygen atoms in total. The zero-order chi connectivity index (χ0) is 38.6. The molecule has 0 aliphatic heterocycles. The number of rotatable bonds is 36. The molecule has 0 fully saturated rings. The molecule has 0 saturated carbocycles. The predicted molar refractivity (Wildman–Crippen MR) is 215 cm³/mol. The van der Waals surface area contributed by atoms with Gasteiger partial charge in [-0.2, -0.15) is 0 Å². The predicted octanol–water partition coefficient (Wildman–Crippen LogP) is 11.1. The van der Waals surface area contributed by atoms with E-state index in [4.69, 9.17) is 18.5 Å². The van der Waals surface area contributed by atoms with Gasteiger partial charge in [0.2, 0.25) is 0 Å². The highest BCUT2D eigenvalue weighted by Gasteiger charge is 2.27. The SMILES string of the molecule is CCCC/C=C\CCCCCCCC(=O)O[C@H](COC(=O)CCC/C=C\C/C=C\C/C=C\CCCCCCCC)COP(=O)(O)OCC[N+](C)(C)C. The van der Waals surface area contributed by atoms with E-state index >= 15 is 0 Å². The fourth-order valence-corrected chi connectivity index (χ4v) is 5.81. The smallest absolute Gasteiger partial charge is 0.462 e. The lowest BCUT2D eigenvalue weighted by Crippen LogP contribution is -2.37. The van der Waals surface area contributed by atoms with Crippen LogP contribution in [-0.2, 0) is 32.7 Å². The van der Waals surface area contributed by atoms with Crippen molar-refractivity contribution in [2.45, 2.75) is 161 Å². The molecule has 10 heteroatoms. The van der Waals surface area contributed by atoms with Crippen LogP contribution in [0, 0.1) is 0 Å². The third-order valence-corrected chi connectivity index (χ3v) is 9.32. The Kier molecular flexibility index (Phi) is 33.4. The summed E-state index contributed by atoms with van der Waals surface area (Å²) in [6, 6.07) is 0. The van der Waals surface area contributed by atoms with E-state index < -0.39 is 32.5 Å². The Morgan fingerprint density at radius 2 is 1.08 bits per heavy atom. The van der Waals surface area contributed by atoms with Gasteiger partial charge in [0.05, 0.1) is 27.7 Å². The standard InChI is InChI=1S/C42H76NO8P/c1-6-8-10-12-14-16-18-19-20-21-22-23-25-26-28-30-32-34-41(44)48-38-40(39-50-52(46,47)49-37-36-43(3,4)5)51-42(45)35-33-31-29-27-24-17-15-13-11-9-7-2/h13,15,19-20,22-23,26,28,40H,6-12,14,16-18,21,24-25,27,29-39H2,1-5H3/p+1/b15-13-,20-19-,23-22-,28-26-/t40-/m1/s1.